The van der Waals surface area contributed by atoms with Gasteiger partial charge in [-0.15, -0.1) is 11.8 Å². The number of carbonyl (C=O) groups excluding carboxylic acids is 3. The zero-order valence-corrected chi connectivity index (χ0v) is 19.1. The Labute approximate surface area is 185 Å². The molecule has 10 heteroatoms. The Kier molecular flexibility index (Phi) is 9.04. The van der Waals surface area contributed by atoms with Gasteiger partial charge in [-0.3, -0.25) is 4.79 Å². The minimum atomic E-state index is -0.796. The second-order valence-electron chi connectivity index (χ2n) is 7.30. The average Bonchev–Trinajstić information content (AvgIpc) is 3.06. The first kappa shape index (κ1) is 24.4. The van der Waals surface area contributed by atoms with Gasteiger partial charge in [-0.2, -0.15) is 0 Å². The Morgan fingerprint density at radius 3 is 2.61 bits per heavy atom. The molecule has 0 saturated carbocycles. The van der Waals surface area contributed by atoms with E-state index in [1.54, 1.807) is 18.3 Å². The van der Waals surface area contributed by atoms with Gasteiger partial charge in [0.1, 0.15) is 16.8 Å². The van der Waals surface area contributed by atoms with Gasteiger partial charge in [-0.1, -0.05) is 19.0 Å². The van der Waals surface area contributed by atoms with Crippen molar-refractivity contribution in [2.75, 3.05) is 13.7 Å². The van der Waals surface area contributed by atoms with E-state index < -0.39 is 30.5 Å². The molecule has 0 aliphatic carbocycles. The maximum atomic E-state index is 12.5. The highest BCUT2D eigenvalue weighted by molar-refractivity contribution is 7.98. The summed E-state index contributed by atoms with van der Waals surface area (Å²) in [6.45, 7) is 6.99. The Balaban J connectivity index is 1.97. The molecule has 0 bridgehead atoms. The van der Waals surface area contributed by atoms with Crippen molar-refractivity contribution in [1.29, 1.82) is 0 Å². The van der Waals surface area contributed by atoms with Crippen LogP contribution in [0.3, 0.4) is 0 Å². The molecule has 0 fully saturated rings. The quantitative estimate of drug-likeness (QED) is 0.431. The molecule has 1 amide bonds. The zero-order valence-electron chi connectivity index (χ0n) is 18.3. The van der Waals surface area contributed by atoms with Crippen LogP contribution in [-0.2, 0) is 24.8 Å². The number of pyridine rings is 1. The Bertz CT molecular complexity index is 908. The molecular weight excluding hydrogens is 422 g/mol. The third-order valence-electron chi connectivity index (χ3n) is 4.39. The zero-order chi connectivity index (χ0) is 23.0. The van der Waals surface area contributed by atoms with Crippen LogP contribution in [0.25, 0.3) is 0 Å². The number of nitrogens with zero attached hydrogens (tertiary/aromatic N) is 2. The maximum Gasteiger partial charge on any atom is 0.341 e. The fourth-order valence-electron chi connectivity index (χ4n) is 2.78. The highest BCUT2D eigenvalue weighted by Gasteiger charge is 2.24. The van der Waals surface area contributed by atoms with Crippen molar-refractivity contribution in [3.05, 3.63) is 40.9 Å². The highest BCUT2D eigenvalue weighted by Crippen LogP contribution is 2.27. The van der Waals surface area contributed by atoms with E-state index in [1.807, 2.05) is 27.7 Å². The lowest BCUT2D eigenvalue weighted by molar-refractivity contribution is -0.145. The largest absolute Gasteiger partial charge is 0.467 e. The Hall–Kier alpha value is -2.88. The van der Waals surface area contributed by atoms with Gasteiger partial charge in [0, 0.05) is 17.5 Å². The van der Waals surface area contributed by atoms with Gasteiger partial charge in [0.25, 0.3) is 5.91 Å². The molecular formula is C21H27N3O6S. The number of aromatic nitrogens is 2. The number of esters is 2. The second-order valence-corrected chi connectivity index (χ2v) is 8.26. The molecule has 1 N–H and O–H groups in total. The Morgan fingerprint density at radius 2 is 2.00 bits per heavy atom. The lowest BCUT2D eigenvalue weighted by Crippen LogP contribution is -2.44. The number of methoxy groups -OCH3 is 1. The number of hydrogen-bond acceptors (Lipinski definition) is 9. The number of nitrogens with one attached hydrogen (secondary N) is 1. The molecule has 0 aliphatic rings. The summed E-state index contributed by atoms with van der Waals surface area (Å²) in [7, 11) is 1.26. The molecule has 2 rings (SSSR count). The SMILES string of the molecule is COC(=O)C(CC(C)C)NC(=O)COC(=O)c1cccnc1SCc1c(C)noc1C. The monoisotopic (exact) mass is 449 g/mol. The first-order valence-electron chi connectivity index (χ1n) is 9.76. The van der Waals surface area contributed by atoms with Gasteiger partial charge >= 0.3 is 11.9 Å². The molecule has 0 spiro atoms. The van der Waals surface area contributed by atoms with Crippen LogP contribution >= 0.6 is 11.8 Å². The minimum absolute atomic E-state index is 0.166. The number of rotatable bonds is 10. The second kappa shape index (κ2) is 11.5. The fraction of sp³-hybridized carbons (Fsp3) is 0.476. The van der Waals surface area contributed by atoms with Crippen LogP contribution in [0, 0.1) is 19.8 Å². The lowest BCUT2D eigenvalue weighted by Gasteiger charge is -2.18. The molecule has 2 aromatic heterocycles. The predicted molar refractivity (Wildman–Crippen MR) is 113 cm³/mol. The van der Waals surface area contributed by atoms with Crippen LogP contribution in [0.1, 0.15) is 47.6 Å². The topological polar surface area (TPSA) is 121 Å². The number of amides is 1. The fourth-order valence-corrected chi connectivity index (χ4v) is 3.92. The summed E-state index contributed by atoms with van der Waals surface area (Å²) in [6, 6.07) is 2.40. The molecule has 2 aromatic rings. The van der Waals surface area contributed by atoms with Gasteiger partial charge < -0.3 is 19.3 Å². The molecule has 0 saturated heterocycles. The van der Waals surface area contributed by atoms with Crippen LogP contribution in [0.5, 0.6) is 0 Å². The normalized spacial score (nSPS) is 11.8. The van der Waals surface area contributed by atoms with Gasteiger partial charge in [-0.25, -0.2) is 14.6 Å². The standard InChI is InChI=1S/C21H27N3O6S/c1-12(2)9-17(21(27)28-5)23-18(25)10-29-20(26)15-7-6-8-22-19(15)31-11-16-13(3)24-30-14(16)4/h6-8,12,17H,9-11H2,1-5H3,(H,23,25). The summed E-state index contributed by atoms with van der Waals surface area (Å²) in [4.78, 5) is 40.8. The van der Waals surface area contributed by atoms with E-state index in [9.17, 15) is 14.4 Å². The van der Waals surface area contributed by atoms with E-state index in [2.05, 4.69) is 15.5 Å². The molecule has 0 radical (unpaired) electrons. The van der Waals surface area contributed by atoms with Gasteiger partial charge in [-0.05, 0) is 38.3 Å². The van der Waals surface area contributed by atoms with Crippen LogP contribution in [0.4, 0.5) is 0 Å². The maximum absolute atomic E-state index is 12.5. The van der Waals surface area contributed by atoms with Crippen molar-refractivity contribution in [2.45, 2.75) is 50.9 Å². The molecule has 168 valence electrons. The molecule has 9 nitrogen and oxygen atoms in total. The van der Waals surface area contributed by atoms with E-state index in [1.165, 1.54) is 18.9 Å². The number of carbonyl (C=O) groups is 3. The average molecular weight is 450 g/mol. The van der Waals surface area contributed by atoms with Gasteiger partial charge in [0.15, 0.2) is 6.61 Å². The predicted octanol–water partition coefficient (Wildman–Crippen LogP) is 2.84. The highest BCUT2D eigenvalue weighted by atomic mass is 32.2. The first-order valence-corrected chi connectivity index (χ1v) is 10.7. The number of aryl methyl sites for hydroxylation is 2. The van der Waals surface area contributed by atoms with Crippen molar-refractivity contribution >= 4 is 29.6 Å². The molecule has 1 unspecified atom stereocenters. The van der Waals surface area contributed by atoms with E-state index in [0.717, 1.165) is 11.3 Å². The third kappa shape index (κ3) is 7.09. The molecule has 2 heterocycles. The molecule has 31 heavy (non-hydrogen) atoms. The van der Waals surface area contributed by atoms with E-state index in [4.69, 9.17) is 14.0 Å². The van der Waals surface area contributed by atoms with Gasteiger partial charge in [0.2, 0.25) is 0 Å². The van der Waals surface area contributed by atoms with Crippen LogP contribution in [0.15, 0.2) is 27.9 Å². The van der Waals surface area contributed by atoms with Crippen molar-refractivity contribution in [1.82, 2.24) is 15.5 Å². The van der Waals surface area contributed by atoms with Crippen LogP contribution in [0.2, 0.25) is 0 Å². The third-order valence-corrected chi connectivity index (χ3v) is 5.42. The summed E-state index contributed by atoms with van der Waals surface area (Å²) in [6.07, 6.45) is 1.99. The van der Waals surface area contributed by atoms with E-state index in [0.29, 0.717) is 23.0 Å². The van der Waals surface area contributed by atoms with Crippen molar-refractivity contribution in [3.8, 4) is 0 Å². The van der Waals surface area contributed by atoms with Crippen molar-refractivity contribution in [3.63, 3.8) is 0 Å². The Morgan fingerprint density at radius 1 is 1.26 bits per heavy atom. The van der Waals surface area contributed by atoms with E-state index in [-0.39, 0.29) is 11.5 Å². The lowest BCUT2D eigenvalue weighted by atomic mass is 10.0. The van der Waals surface area contributed by atoms with Crippen LogP contribution < -0.4 is 5.32 Å². The van der Waals surface area contributed by atoms with Gasteiger partial charge in [0.05, 0.1) is 18.4 Å². The van der Waals surface area contributed by atoms with Crippen molar-refractivity contribution < 1.29 is 28.4 Å². The minimum Gasteiger partial charge on any atom is -0.467 e. The summed E-state index contributed by atoms with van der Waals surface area (Å²) < 4.78 is 15.0. The summed E-state index contributed by atoms with van der Waals surface area (Å²) in [5.41, 5.74) is 1.97. The smallest absolute Gasteiger partial charge is 0.341 e. The van der Waals surface area contributed by atoms with Crippen LogP contribution in [-0.4, -0.2) is 47.7 Å². The number of ether oxygens (including phenoxy) is 2. The van der Waals surface area contributed by atoms with Crippen molar-refractivity contribution in [2.24, 2.45) is 5.92 Å². The summed E-state index contributed by atoms with van der Waals surface area (Å²) >= 11 is 1.35. The molecule has 0 aliphatic heterocycles. The number of thioether (sulfide) groups is 1. The molecule has 0 aromatic carbocycles. The van der Waals surface area contributed by atoms with E-state index >= 15 is 0 Å². The number of hydrogen-bond donors (Lipinski definition) is 1. The summed E-state index contributed by atoms with van der Waals surface area (Å²) in [5, 5.41) is 6.94. The molecule has 1 atom stereocenters. The summed E-state index contributed by atoms with van der Waals surface area (Å²) in [5.74, 6) is -0.405. The first-order chi connectivity index (χ1) is 14.7.